The topological polar surface area (TPSA) is 44.8 Å². The van der Waals surface area contributed by atoms with Crippen LogP contribution in [0.2, 0.25) is 10.0 Å². The minimum atomic E-state index is -0.310. The summed E-state index contributed by atoms with van der Waals surface area (Å²) in [5.41, 5.74) is 1.01. The molecule has 0 radical (unpaired) electrons. The number of hydrogen-bond acceptors (Lipinski definition) is 3. The van der Waals surface area contributed by atoms with Gasteiger partial charge in [-0.15, -0.1) is 0 Å². The predicted molar refractivity (Wildman–Crippen MR) is 105 cm³/mol. The number of ether oxygens (including phenoxy) is 1. The minimum Gasteiger partial charge on any atom is -0.495 e. The number of urea groups is 1. The lowest BCUT2D eigenvalue weighted by molar-refractivity contribution is 0.142. The molecular weight excluding hydrogens is 392 g/mol. The van der Waals surface area contributed by atoms with Crippen LogP contribution in [0.4, 0.5) is 14.9 Å². The molecule has 1 aliphatic heterocycles. The van der Waals surface area contributed by atoms with Crippen molar-refractivity contribution in [3.8, 4) is 5.75 Å². The molecular formula is C19H20Cl2FN3O2. The molecule has 0 aliphatic carbocycles. The predicted octanol–water partition coefficient (Wildman–Crippen LogP) is 4.49. The number of piperazine rings is 1. The van der Waals surface area contributed by atoms with Crippen LogP contribution in [-0.4, -0.2) is 49.1 Å². The summed E-state index contributed by atoms with van der Waals surface area (Å²) in [6.07, 6.45) is 0. The Balaban J connectivity index is 1.57. The second-order valence-electron chi connectivity index (χ2n) is 6.24. The van der Waals surface area contributed by atoms with Gasteiger partial charge in [-0.05, 0) is 30.3 Å². The van der Waals surface area contributed by atoms with Crippen LogP contribution >= 0.6 is 23.2 Å². The number of nitrogens with zero attached hydrogens (tertiary/aromatic N) is 2. The van der Waals surface area contributed by atoms with Crippen LogP contribution in [0.1, 0.15) is 5.56 Å². The first-order valence-corrected chi connectivity index (χ1v) is 9.28. The number of benzene rings is 2. The highest BCUT2D eigenvalue weighted by Gasteiger charge is 2.23. The van der Waals surface area contributed by atoms with Crippen molar-refractivity contribution in [3.05, 3.63) is 57.8 Å². The first-order chi connectivity index (χ1) is 13.0. The van der Waals surface area contributed by atoms with E-state index in [0.29, 0.717) is 59.8 Å². The fraction of sp³-hybridized carbons (Fsp3) is 0.316. The van der Waals surface area contributed by atoms with Gasteiger partial charge >= 0.3 is 6.03 Å². The SMILES string of the molecule is COc1ccc(Cl)cc1NC(=O)N1CCN(Cc2c(F)cccc2Cl)CC1. The van der Waals surface area contributed by atoms with Crippen LogP contribution in [0.3, 0.4) is 0 Å². The molecule has 1 heterocycles. The zero-order valence-corrected chi connectivity index (χ0v) is 16.4. The van der Waals surface area contributed by atoms with Crippen molar-refractivity contribution in [1.82, 2.24) is 9.80 Å². The third-order valence-corrected chi connectivity index (χ3v) is 5.10. The molecule has 0 aromatic heterocycles. The first-order valence-electron chi connectivity index (χ1n) is 8.52. The van der Waals surface area contributed by atoms with E-state index in [1.807, 2.05) is 0 Å². The largest absolute Gasteiger partial charge is 0.495 e. The molecule has 0 bridgehead atoms. The number of carbonyl (C=O) groups is 1. The first kappa shape index (κ1) is 19.7. The van der Waals surface area contributed by atoms with E-state index < -0.39 is 0 Å². The standard InChI is InChI=1S/C19H20Cl2FN3O2/c1-27-18-6-5-13(20)11-17(18)23-19(26)25-9-7-24(8-10-25)12-14-15(21)3-2-4-16(14)22/h2-6,11H,7-10,12H2,1H3,(H,23,26). The molecule has 1 aliphatic rings. The molecule has 3 rings (SSSR count). The highest BCUT2D eigenvalue weighted by atomic mass is 35.5. The fourth-order valence-electron chi connectivity index (χ4n) is 2.99. The van der Waals surface area contributed by atoms with Crippen molar-refractivity contribution >= 4 is 34.9 Å². The Morgan fingerprint density at radius 3 is 2.59 bits per heavy atom. The molecule has 2 aromatic carbocycles. The molecule has 8 heteroatoms. The molecule has 0 unspecified atom stereocenters. The molecule has 1 N–H and O–H groups in total. The number of anilines is 1. The van der Waals surface area contributed by atoms with Crippen molar-refractivity contribution in [3.63, 3.8) is 0 Å². The van der Waals surface area contributed by atoms with Crippen molar-refractivity contribution in [1.29, 1.82) is 0 Å². The fourth-order valence-corrected chi connectivity index (χ4v) is 3.38. The molecule has 1 fully saturated rings. The molecule has 1 saturated heterocycles. The monoisotopic (exact) mass is 411 g/mol. The van der Waals surface area contributed by atoms with Gasteiger partial charge in [0.25, 0.3) is 0 Å². The number of nitrogens with one attached hydrogen (secondary N) is 1. The van der Waals surface area contributed by atoms with E-state index in [9.17, 15) is 9.18 Å². The van der Waals surface area contributed by atoms with Crippen molar-refractivity contribution < 1.29 is 13.9 Å². The maximum Gasteiger partial charge on any atom is 0.322 e. The van der Waals surface area contributed by atoms with Gasteiger partial charge in [-0.1, -0.05) is 29.3 Å². The molecule has 0 atom stereocenters. The highest BCUT2D eigenvalue weighted by Crippen LogP contribution is 2.28. The van der Waals surface area contributed by atoms with Gasteiger partial charge < -0.3 is 15.0 Å². The average molecular weight is 412 g/mol. The van der Waals surface area contributed by atoms with Gasteiger partial charge in [0.05, 0.1) is 12.8 Å². The lowest BCUT2D eigenvalue weighted by Crippen LogP contribution is -2.49. The Kier molecular flexibility index (Phi) is 6.42. The van der Waals surface area contributed by atoms with E-state index in [0.717, 1.165) is 0 Å². The van der Waals surface area contributed by atoms with E-state index in [4.69, 9.17) is 27.9 Å². The van der Waals surface area contributed by atoms with Crippen LogP contribution in [0, 0.1) is 5.82 Å². The lowest BCUT2D eigenvalue weighted by atomic mass is 10.2. The maximum absolute atomic E-state index is 13.9. The van der Waals surface area contributed by atoms with Crippen molar-refractivity contribution in [2.24, 2.45) is 0 Å². The Morgan fingerprint density at radius 2 is 1.93 bits per heavy atom. The smallest absolute Gasteiger partial charge is 0.322 e. The third-order valence-electron chi connectivity index (χ3n) is 4.51. The van der Waals surface area contributed by atoms with Crippen molar-refractivity contribution in [2.45, 2.75) is 6.54 Å². The van der Waals surface area contributed by atoms with Gasteiger partial charge in [0.2, 0.25) is 0 Å². The second kappa shape index (κ2) is 8.78. The Bertz CT molecular complexity index is 806. The Hall–Kier alpha value is -2.02. The van der Waals surface area contributed by atoms with Gasteiger partial charge in [0.1, 0.15) is 11.6 Å². The molecule has 0 spiro atoms. The van der Waals surface area contributed by atoms with E-state index in [-0.39, 0.29) is 11.8 Å². The Morgan fingerprint density at radius 1 is 1.19 bits per heavy atom. The van der Waals surface area contributed by atoms with Crippen LogP contribution in [0.25, 0.3) is 0 Å². The van der Waals surface area contributed by atoms with E-state index in [1.165, 1.54) is 13.2 Å². The van der Waals surface area contributed by atoms with Crippen LogP contribution in [0.15, 0.2) is 36.4 Å². The van der Waals surface area contributed by atoms with Crippen LogP contribution < -0.4 is 10.1 Å². The van der Waals surface area contributed by atoms with Gasteiger partial charge in [-0.2, -0.15) is 0 Å². The summed E-state index contributed by atoms with van der Waals surface area (Å²) in [4.78, 5) is 16.3. The van der Waals surface area contributed by atoms with E-state index in [1.54, 1.807) is 35.2 Å². The number of carbonyl (C=O) groups excluding carboxylic acids is 1. The number of rotatable bonds is 4. The average Bonchev–Trinajstić information content (AvgIpc) is 2.65. The quantitative estimate of drug-likeness (QED) is 0.805. The molecule has 27 heavy (non-hydrogen) atoms. The summed E-state index contributed by atoms with van der Waals surface area (Å²) in [5.74, 6) is 0.233. The number of amides is 2. The molecule has 144 valence electrons. The van der Waals surface area contributed by atoms with Crippen LogP contribution in [-0.2, 0) is 6.54 Å². The summed E-state index contributed by atoms with van der Waals surface area (Å²) in [7, 11) is 1.53. The number of hydrogen-bond donors (Lipinski definition) is 1. The van der Waals surface area contributed by atoms with Crippen LogP contribution in [0.5, 0.6) is 5.75 Å². The van der Waals surface area contributed by atoms with Gasteiger partial charge in [0.15, 0.2) is 0 Å². The molecule has 2 amide bonds. The summed E-state index contributed by atoms with van der Waals surface area (Å²) in [6, 6.07) is 9.50. The summed E-state index contributed by atoms with van der Waals surface area (Å²) < 4.78 is 19.2. The summed E-state index contributed by atoms with van der Waals surface area (Å²) >= 11 is 12.1. The van der Waals surface area contributed by atoms with Gasteiger partial charge in [-0.25, -0.2) is 9.18 Å². The van der Waals surface area contributed by atoms with E-state index in [2.05, 4.69) is 10.2 Å². The molecule has 5 nitrogen and oxygen atoms in total. The molecule has 0 saturated carbocycles. The van der Waals surface area contributed by atoms with E-state index >= 15 is 0 Å². The number of methoxy groups -OCH3 is 1. The van der Waals surface area contributed by atoms with Gasteiger partial charge in [-0.3, -0.25) is 4.90 Å². The normalized spacial score (nSPS) is 14.9. The van der Waals surface area contributed by atoms with Crippen molar-refractivity contribution in [2.75, 3.05) is 38.6 Å². The zero-order chi connectivity index (χ0) is 19.4. The maximum atomic E-state index is 13.9. The summed E-state index contributed by atoms with van der Waals surface area (Å²) in [6.45, 7) is 2.74. The lowest BCUT2D eigenvalue weighted by Gasteiger charge is -2.35. The second-order valence-corrected chi connectivity index (χ2v) is 7.08. The Labute approximate surface area is 167 Å². The third kappa shape index (κ3) is 4.83. The zero-order valence-electron chi connectivity index (χ0n) is 14.8. The number of halogens is 3. The minimum absolute atomic E-state index is 0.223. The molecule has 2 aromatic rings. The summed E-state index contributed by atoms with van der Waals surface area (Å²) in [5, 5.41) is 3.76. The van der Waals surface area contributed by atoms with Gasteiger partial charge in [0, 0.05) is 48.3 Å². The highest BCUT2D eigenvalue weighted by molar-refractivity contribution is 6.31.